The Labute approximate surface area is 367 Å². The minimum absolute atomic E-state index is 0. The fourth-order valence-electron chi connectivity index (χ4n) is 6.70. The van der Waals surface area contributed by atoms with Crippen LogP contribution in [0.25, 0.3) is 0 Å². The molecule has 0 amide bonds. The largest absolute Gasteiger partial charge is 0.507 e. The summed E-state index contributed by atoms with van der Waals surface area (Å²) in [6.45, 7) is 36.9. The summed E-state index contributed by atoms with van der Waals surface area (Å²) in [4.78, 5) is 32.3. The highest BCUT2D eigenvalue weighted by atomic mass is 16.4. The molecule has 0 atom stereocenters. The van der Waals surface area contributed by atoms with E-state index in [0.29, 0.717) is 36.5 Å². The molecule has 0 saturated carbocycles. The number of carboxylic acids is 3. The average Bonchev–Trinajstić information content (AvgIpc) is 3.04. The number of rotatable bonds is 9. The highest BCUT2D eigenvalue weighted by molar-refractivity contribution is 5.68. The number of benzene rings is 3. The molecule has 0 radical (unpaired) electrons. The Morgan fingerprint density at radius 2 is 0.475 bits per heavy atom. The first-order chi connectivity index (χ1) is 26.8. The summed E-state index contributed by atoms with van der Waals surface area (Å²) in [5, 5.41) is 58.2. The Kier molecular flexibility index (Phi) is 19.4. The number of hydrogen-bond acceptors (Lipinski definition) is 7. The van der Waals surface area contributed by atoms with Gasteiger partial charge in [-0.25, -0.2) is 0 Å². The maximum atomic E-state index is 10.8. The van der Waals surface area contributed by atoms with Crippen molar-refractivity contribution in [3.63, 3.8) is 0 Å². The highest BCUT2D eigenvalue weighted by Gasteiger charge is 2.29. The molecule has 3 aromatic rings. The number of hydrogen-bond donors (Lipinski definition) is 7. The van der Waals surface area contributed by atoms with E-state index in [-0.39, 0.29) is 57.9 Å². The topological polar surface area (TPSA) is 208 Å². The van der Waals surface area contributed by atoms with Crippen LogP contribution in [-0.4, -0.2) is 48.5 Å². The third-order valence-electron chi connectivity index (χ3n) is 10.2. The average molecular weight is 852 g/mol. The minimum atomic E-state index is -0.798. The molecule has 0 unspecified atom stereocenters. The molecular weight excluding hydrogens is 771 g/mol. The van der Waals surface area contributed by atoms with Crippen molar-refractivity contribution in [1.82, 2.24) is 6.15 Å². The molecule has 0 aliphatic heterocycles. The molecule has 10 heteroatoms. The van der Waals surface area contributed by atoms with E-state index in [2.05, 4.69) is 125 Å². The third kappa shape index (κ3) is 17.7. The van der Waals surface area contributed by atoms with Gasteiger partial charge in [0.2, 0.25) is 0 Å². The van der Waals surface area contributed by atoms with Gasteiger partial charge in [-0.05, 0) is 102 Å². The molecule has 3 rings (SSSR count). The lowest BCUT2D eigenvalue weighted by atomic mass is 9.78. The zero-order valence-electron chi connectivity index (χ0n) is 40.8. The first-order valence-corrected chi connectivity index (χ1v) is 21.0. The normalized spacial score (nSPS) is 12.3. The maximum absolute atomic E-state index is 10.8. The fourth-order valence-corrected chi connectivity index (χ4v) is 6.70. The number of aliphatic carboxylic acids is 3. The second-order valence-corrected chi connectivity index (χ2v) is 22.3. The Bertz CT molecular complexity index is 1640. The summed E-state index contributed by atoms with van der Waals surface area (Å²) in [7, 11) is 0. The molecule has 0 aromatic heterocycles. The lowest BCUT2D eigenvalue weighted by molar-refractivity contribution is -0.138. The lowest BCUT2D eigenvalue weighted by Crippen LogP contribution is -2.18. The number of phenolic OH excluding ortho intramolecular Hbond substituents is 3. The van der Waals surface area contributed by atoms with Gasteiger partial charge in [0.15, 0.2) is 0 Å². The van der Waals surface area contributed by atoms with E-state index in [1.165, 1.54) is 0 Å². The quantitative estimate of drug-likeness (QED) is 0.108. The Morgan fingerprint density at radius 1 is 0.344 bits per heavy atom. The van der Waals surface area contributed by atoms with Gasteiger partial charge >= 0.3 is 17.9 Å². The van der Waals surface area contributed by atoms with Crippen LogP contribution in [0.5, 0.6) is 17.2 Å². The van der Waals surface area contributed by atoms with Gasteiger partial charge < -0.3 is 36.8 Å². The minimum Gasteiger partial charge on any atom is -0.507 e. The second-order valence-electron chi connectivity index (χ2n) is 22.3. The van der Waals surface area contributed by atoms with E-state index in [0.717, 1.165) is 50.1 Å². The molecule has 9 N–H and O–H groups in total. The van der Waals surface area contributed by atoms with Gasteiger partial charge in [0.1, 0.15) is 17.2 Å². The molecule has 0 heterocycles. The SMILES string of the molecule is CC(C)(C)c1cc(CCC(=O)O)cc(C(C)(C)C)c1O.CC(C)(C)c1cc(CCC(=O)O)cc(C(C)(C)C)c1O.CC(C)(C)c1cc(CCC(=O)O)cc(C(C)(C)C)c1O.N. The van der Waals surface area contributed by atoms with Crippen molar-refractivity contribution in [3.8, 4) is 17.2 Å². The molecule has 3 aromatic carbocycles. The van der Waals surface area contributed by atoms with Crippen LogP contribution in [0.4, 0.5) is 0 Å². The van der Waals surface area contributed by atoms with E-state index in [1.54, 1.807) is 0 Å². The summed E-state index contributed by atoms with van der Waals surface area (Å²) in [6.07, 6.45) is 1.79. The predicted molar refractivity (Wildman–Crippen MR) is 249 cm³/mol. The lowest BCUT2D eigenvalue weighted by Gasteiger charge is -2.28. The maximum Gasteiger partial charge on any atom is 0.303 e. The zero-order valence-corrected chi connectivity index (χ0v) is 40.8. The van der Waals surface area contributed by atoms with E-state index in [9.17, 15) is 29.7 Å². The summed E-state index contributed by atoms with van der Waals surface area (Å²) in [5.74, 6) is -1.38. The molecule has 0 aliphatic carbocycles. The van der Waals surface area contributed by atoms with E-state index >= 15 is 0 Å². The smallest absolute Gasteiger partial charge is 0.303 e. The monoisotopic (exact) mass is 852 g/mol. The van der Waals surface area contributed by atoms with E-state index in [4.69, 9.17) is 15.3 Å². The van der Waals surface area contributed by atoms with Crippen LogP contribution in [0.1, 0.15) is 194 Å². The van der Waals surface area contributed by atoms with Gasteiger partial charge in [-0.15, -0.1) is 0 Å². The standard InChI is InChI=1S/3C17H26O3.H3N/c3*1-16(2,3)12-9-11(7-8-14(18)19)10-13(15(12)20)17(4,5)6;/h3*9-10,20H,7-8H2,1-6H3,(H,18,19);1H3. The number of carboxylic acid groups (broad SMARTS) is 3. The predicted octanol–water partition coefficient (Wildman–Crippen LogP) is 12.2. The molecule has 0 aliphatic rings. The number of aromatic hydroxyl groups is 3. The molecule has 0 spiro atoms. The summed E-state index contributed by atoms with van der Waals surface area (Å²) in [6, 6.07) is 11.6. The first-order valence-electron chi connectivity index (χ1n) is 21.0. The van der Waals surface area contributed by atoms with Crippen molar-refractivity contribution in [2.45, 2.75) is 196 Å². The van der Waals surface area contributed by atoms with Crippen LogP contribution >= 0.6 is 0 Å². The van der Waals surface area contributed by atoms with Crippen LogP contribution in [0.15, 0.2) is 36.4 Å². The molecule has 0 bridgehead atoms. The van der Waals surface area contributed by atoms with Gasteiger partial charge in [0.25, 0.3) is 0 Å². The molecular formula is C51H81NO9. The van der Waals surface area contributed by atoms with Gasteiger partial charge in [-0.2, -0.15) is 0 Å². The molecule has 344 valence electrons. The Morgan fingerprint density at radius 3 is 0.574 bits per heavy atom. The molecule has 10 nitrogen and oxygen atoms in total. The number of aryl methyl sites for hydroxylation is 3. The van der Waals surface area contributed by atoms with Crippen molar-refractivity contribution in [2.24, 2.45) is 0 Å². The van der Waals surface area contributed by atoms with Crippen molar-refractivity contribution in [3.05, 3.63) is 86.5 Å². The van der Waals surface area contributed by atoms with Gasteiger partial charge in [0.05, 0.1) is 0 Å². The van der Waals surface area contributed by atoms with Gasteiger partial charge in [-0.3, -0.25) is 14.4 Å². The van der Waals surface area contributed by atoms with Crippen molar-refractivity contribution in [2.75, 3.05) is 0 Å². The van der Waals surface area contributed by atoms with Crippen molar-refractivity contribution < 1.29 is 45.0 Å². The van der Waals surface area contributed by atoms with E-state index < -0.39 is 17.9 Å². The molecule has 61 heavy (non-hydrogen) atoms. The second kappa shape index (κ2) is 21.0. The van der Waals surface area contributed by atoms with Crippen LogP contribution in [-0.2, 0) is 66.1 Å². The Balaban J connectivity index is 0.000000878. The summed E-state index contributed by atoms with van der Waals surface area (Å²) in [5.41, 5.74) is 7.13. The third-order valence-corrected chi connectivity index (χ3v) is 10.2. The fraction of sp³-hybridized carbons (Fsp3) is 0.588. The van der Waals surface area contributed by atoms with Crippen molar-refractivity contribution >= 4 is 17.9 Å². The van der Waals surface area contributed by atoms with Gasteiger partial charge in [-0.1, -0.05) is 161 Å². The summed E-state index contributed by atoms with van der Waals surface area (Å²) < 4.78 is 0. The van der Waals surface area contributed by atoms with Crippen LogP contribution in [0.2, 0.25) is 0 Å². The first kappa shape index (κ1) is 56.4. The van der Waals surface area contributed by atoms with E-state index in [1.807, 2.05) is 36.4 Å². The molecule has 0 saturated heterocycles. The highest BCUT2D eigenvalue weighted by Crippen LogP contribution is 2.42. The summed E-state index contributed by atoms with van der Waals surface area (Å²) >= 11 is 0. The van der Waals surface area contributed by atoms with Crippen LogP contribution in [0, 0.1) is 0 Å². The Hall–Kier alpha value is -4.57. The molecule has 0 fully saturated rings. The van der Waals surface area contributed by atoms with Gasteiger partial charge in [0, 0.05) is 19.3 Å². The zero-order chi connectivity index (χ0) is 47.1. The van der Waals surface area contributed by atoms with Crippen molar-refractivity contribution in [1.29, 1.82) is 0 Å². The number of carbonyl (C=O) groups is 3. The van der Waals surface area contributed by atoms with Crippen LogP contribution in [0.3, 0.4) is 0 Å². The van der Waals surface area contributed by atoms with Crippen LogP contribution < -0.4 is 6.15 Å². The number of phenols is 3.